The molecule has 5 heteroatoms. The number of imidazole rings is 1. The van der Waals surface area contributed by atoms with Gasteiger partial charge in [-0.2, -0.15) is 0 Å². The van der Waals surface area contributed by atoms with Crippen LogP contribution in [0.3, 0.4) is 0 Å². The van der Waals surface area contributed by atoms with Crippen molar-refractivity contribution in [1.82, 2.24) is 9.55 Å². The Balaban J connectivity index is 1.51. The summed E-state index contributed by atoms with van der Waals surface area (Å²) < 4.78 is 7.56. The van der Waals surface area contributed by atoms with Gasteiger partial charge < -0.3 is 14.2 Å². The number of benzene rings is 3. The van der Waals surface area contributed by atoms with Crippen LogP contribution < -0.4 is 9.64 Å². The van der Waals surface area contributed by atoms with Crippen LogP contribution in [0.5, 0.6) is 5.75 Å². The van der Waals surface area contributed by atoms with Gasteiger partial charge in [0, 0.05) is 31.1 Å². The summed E-state index contributed by atoms with van der Waals surface area (Å²) in [6.45, 7) is 5.49. The van der Waals surface area contributed by atoms with Crippen LogP contribution in [0.4, 0.5) is 5.69 Å². The van der Waals surface area contributed by atoms with Crippen molar-refractivity contribution in [2.45, 2.75) is 32.7 Å². The number of aromatic nitrogens is 2. The molecule has 0 saturated carbocycles. The molecular formula is C27H27N3O2. The lowest BCUT2D eigenvalue weighted by Gasteiger charge is -2.19. The van der Waals surface area contributed by atoms with Crippen LogP contribution in [0.2, 0.25) is 0 Å². The van der Waals surface area contributed by atoms with E-state index in [2.05, 4.69) is 54.8 Å². The minimum Gasteiger partial charge on any atom is -0.497 e. The smallest absolute Gasteiger partial charge is 0.227 e. The number of carbonyl (C=O) groups is 1. The molecule has 1 amide bonds. The summed E-state index contributed by atoms with van der Waals surface area (Å²) >= 11 is 0. The second-order valence-corrected chi connectivity index (χ2v) is 8.64. The number of fused-ring (bicyclic) bond motifs is 1. The van der Waals surface area contributed by atoms with Gasteiger partial charge in [-0.05, 0) is 66.9 Å². The van der Waals surface area contributed by atoms with Gasteiger partial charge in [0.15, 0.2) is 0 Å². The maximum Gasteiger partial charge on any atom is 0.227 e. The van der Waals surface area contributed by atoms with Crippen molar-refractivity contribution in [3.8, 4) is 5.75 Å². The Hall–Kier alpha value is -3.60. The molecule has 1 saturated heterocycles. The number of nitrogens with zero attached hydrogens (tertiary/aromatic N) is 3. The lowest BCUT2D eigenvalue weighted by atomic mass is 10.1. The molecule has 5 rings (SSSR count). The molecule has 5 nitrogen and oxygen atoms in total. The lowest BCUT2D eigenvalue weighted by molar-refractivity contribution is -0.117. The van der Waals surface area contributed by atoms with Crippen molar-refractivity contribution in [2.75, 3.05) is 18.6 Å². The second kappa shape index (κ2) is 8.15. The largest absolute Gasteiger partial charge is 0.497 e. The molecule has 3 aromatic carbocycles. The maximum absolute atomic E-state index is 13.0. The summed E-state index contributed by atoms with van der Waals surface area (Å²) in [5, 5.41) is 0. The van der Waals surface area contributed by atoms with E-state index < -0.39 is 0 Å². The molecule has 1 fully saturated rings. The van der Waals surface area contributed by atoms with Crippen molar-refractivity contribution < 1.29 is 9.53 Å². The van der Waals surface area contributed by atoms with E-state index in [-0.39, 0.29) is 11.8 Å². The van der Waals surface area contributed by atoms with Gasteiger partial charge in [-0.3, -0.25) is 4.79 Å². The number of hydrogen-bond donors (Lipinski definition) is 0. The van der Waals surface area contributed by atoms with Crippen LogP contribution in [-0.2, 0) is 11.3 Å². The summed E-state index contributed by atoms with van der Waals surface area (Å²) in [5.41, 5.74) is 6.55. The molecule has 0 radical (unpaired) electrons. The van der Waals surface area contributed by atoms with Gasteiger partial charge in [-0.25, -0.2) is 4.98 Å². The average Bonchev–Trinajstić information content (AvgIpc) is 3.34. The number of rotatable bonds is 5. The summed E-state index contributed by atoms with van der Waals surface area (Å²) in [4.78, 5) is 19.9. The van der Waals surface area contributed by atoms with Crippen LogP contribution in [0.25, 0.3) is 11.0 Å². The average molecular weight is 426 g/mol. The minimum atomic E-state index is 0.0500. The van der Waals surface area contributed by atoms with Crippen molar-refractivity contribution in [2.24, 2.45) is 0 Å². The highest BCUT2D eigenvalue weighted by molar-refractivity contribution is 5.96. The van der Waals surface area contributed by atoms with E-state index in [0.717, 1.165) is 28.3 Å². The predicted molar refractivity (Wildman–Crippen MR) is 127 cm³/mol. The van der Waals surface area contributed by atoms with E-state index in [1.54, 1.807) is 7.11 Å². The third kappa shape index (κ3) is 3.75. The molecule has 1 aliphatic heterocycles. The van der Waals surface area contributed by atoms with Gasteiger partial charge in [0.1, 0.15) is 11.6 Å². The number of methoxy groups -OCH3 is 1. The molecule has 0 aliphatic carbocycles. The molecule has 162 valence electrons. The molecule has 0 N–H and O–H groups in total. The zero-order valence-corrected chi connectivity index (χ0v) is 18.7. The number of anilines is 1. The van der Waals surface area contributed by atoms with Crippen LogP contribution in [0, 0.1) is 13.8 Å². The molecule has 1 atom stereocenters. The van der Waals surface area contributed by atoms with Gasteiger partial charge in [-0.1, -0.05) is 30.3 Å². The molecule has 1 aromatic heterocycles. The lowest BCUT2D eigenvalue weighted by Crippen LogP contribution is -2.24. The summed E-state index contributed by atoms with van der Waals surface area (Å²) in [5.74, 6) is 2.02. The molecule has 0 spiro atoms. The fraction of sp³-hybridized carbons (Fsp3) is 0.259. The highest BCUT2D eigenvalue weighted by Crippen LogP contribution is 2.34. The Morgan fingerprint density at radius 3 is 2.44 bits per heavy atom. The Bertz CT molecular complexity index is 1270. The number of para-hydroxylation sites is 2. The van der Waals surface area contributed by atoms with Gasteiger partial charge in [0.05, 0.1) is 18.1 Å². The molecule has 1 unspecified atom stereocenters. The Morgan fingerprint density at radius 2 is 1.72 bits per heavy atom. The Labute approximate surface area is 188 Å². The Morgan fingerprint density at radius 1 is 1.00 bits per heavy atom. The molecular weight excluding hydrogens is 398 g/mol. The molecule has 4 aromatic rings. The molecule has 1 aliphatic rings. The monoisotopic (exact) mass is 425 g/mol. The van der Waals surface area contributed by atoms with Crippen molar-refractivity contribution in [1.29, 1.82) is 0 Å². The fourth-order valence-corrected chi connectivity index (χ4v) is 4.72. The van der Waals surface area contributed by atoms with Crippen LogP contribution in [0.1, 0.15) is 34.9 Å². The molecule has 2 heterocycles. The number of hydrogen-bond acceptors (Lipinski definition) is 3. The number of ether oxygens (including phenoxy) is 1. The Kier molecular flexibility index (Phi) is 5.17. The SMILES string of the molecule is COc1ccc(Cn2c(C3CC(=O)N(c4cc(C)cc(C)c4)C3)nc3ccccc32)cc1. The van der Waals surface area contributed by atoms with E-state index in [1.165, 1.54) is 16.7 Å². The third-order valence-electron chi connectivity index (χ3n) is 6.19. The number of amides is 1. The van der Waals surface area contributed by atoms with Crippen LogP contribution >= 0.6 is 0 Å². The van der Waals surface area contributed by atoms with Gasteiger partial charge in [-0.15, -0.1) is 0 Å². The first-order valence-corrected chi connectivity index (χ1v) is 11.0. The predicted octanol–water partition coefficient (Wildman–Crippen LogP) is 5.23. The highest BCUT2D eigenvalue weighted by atomic mass is 16.5. The summed E-state index contributed by atoms with van der Waals surface area (Å²) in [6.07, 6.45) is 0.471. The first-order valence-electron chi connectivity index (χ1n) is 11.0. The standard InChI is InChI=1S/C27H27N3O2/c1-18-12-19(2)14-22(13-18)29-17-21(15-26(29)31)27-28-24-6-4-5-7-25(24)30(27)16-20-8-10-23(32-3)11-9-20/h4-14,21H,15-17H2,1-3H3. The quantitative estimate of drug-likeness (QED) is 0.440. The van der Waals surface area contributed by atoms with E-state index in [1.807, 2.05) is 35.2 Å². The maximum atomic E-state index is 13.0. The van der Waals surface area contributed by atoms with E-state index in [0.29, 0.717) is 19.5 Å². The van der Waals surface area contributed by atoms with E-state index in [4.69, 9.17) is 9.72 Å². The first-order chi connectivity index (χ1) is 15.5. The highest BCUT2D eigenvalue weighted by Gasteiger charge is 2.35. The zero-order valence-electron chi connectivity index (χ0n) is 18.7. The van der Waals surface area contributed by atoms with Crippen molar-refractivity contribution in [3.05, 3.63) is 89.2 Å². The summed E-state index contributed by atoms with van der Waals surface area (Å²) in [6, 6.07) is 22.6. The van der Waals surface area contributed by atoms with Gasteiger partial charge in [0.2, 0.25) is 5.91 Å². The molecule has 0 bridgehead atoms. The van der Waals surface area contributed by atoms with E-state index >= 15 is 0 Å². The zero-order chi connectivity index (χ0) is 22.2. The normalized spacial score (nSPS) is 16.2. The van der Waals surface area contributed by atoms with Gasteiger partial charge >= 0.3 is 0 Å². The fourth-order valence-electron chi connectivity index (χ4n) is 4.72. The van der Waals surface area contributed by atoms with Crippen molar-refractivity contribution >= 4 is 22.6 Å². The minimum absolute atomic E-state index is 0.0500. The van der Waals surface area contributed by atoms with Gasteiger partial charge in [0.25, 0.3) is 0 Å². The van der Waals surface area contributed by atoms with Crippen LogP contribution in [-0.4, -0.2) is 29.1 Å². The second-order valence-electron chi connectivity index (χ2n) is 8.64. The summed E-state index contributed by atoms with van der Waals surface area (Å²) in [7, 11) is 1.68. The number of aryl methyl sites for hydroxylation is 2. The third-order valence-corrected chi connectivity index (χ3v) is 6.19. The first kappa shape index (κ1) is 20.3. The molecule has 32 heavy (non-hydrogen) atoms. The number of carbonyl (C=O) groups excluding carboxylic acids is 1. The topological polar surface area (TPSA) is 47.4 Å². The van der Waals surface area contributed by atoms with Crippen LogP contribution in [0.15, 0.2) is 66.7 Å². The van der Waals surface area contributed by atoms with E-state index in [9.17, 15) is 4.79 Å². The van der Waals surface area contributed by atoms with Crippen molar-refractivity contribution in [3.63, 3.8) is 0 Å².